The Bertz CT molecular complexity index is 1430. The molecular weight excluding hydrogens is 432 g/mol. The first kappa shape index (κ1) is 21.5. The molecule has 0 aromatic heterocycles. The highest BCUT2D eigenvalue weighted by Gasteiger charge is 2.22. The second kappa shape index (κ2) is 9.24. The molecule has 0 saturated carbocycles. The van der Waals surface area contributed by atoms with Gasteiger partial charge in [-0.2, -0.15) is 0 Å². The smallest absolute Gasteiger partial charge is 0.188 e. The summed E-state index contributed by atoms with van der Waals surface area (Å²) in [5.74, 6) is 0.705. The molecule has 1 atom stereocenters. The number of fused-ring (bicyclic) bond motifs is 2. The lowest BCUT2D eigenvalue weighted by molar-refractivity contribution is 0.0516. The summed E-state index contributed by atoms with van der Waals surface area (Å²) >= 11 is 6.09. The Morgan fingerprint density at radius 2 is 1.33 bits per heavy atom. The van der Waals surface area contributed by atoms with Crippen LogP contribution in [0, 0.1) is 0 Å². The van der Waals surface area contributed by atoms with E-state index >= 15 is 0 Å². The van der Waals surface area contributed by atoms with E-state index in [1.165, 1.54) is 0 Å². The molecule has 3 nitrogen and oxygen atoms in total. The molecule has 0 radical (unpaired) electrons. The van der Waals surface area contributed by atoms with Crippen LogP contribution in [0.1, 0.15) is 17.2 Å². The first-order valence-electron chi connectivity index (χ1n) is 10.8. The summed E-state index contributed by atoms with van der Waals surface area (Å²) in [6.45, 7) is 0.130. The predicted octanol–water partition coefficient (Wildman–Crippen LogP) is 7.38. The van der Waals surface area contributed by atoms with Gasteiger partial charge in [-0.05, 0) is 56.4 Å². The van der Waals surface area contributed by atoms with Gasteiger partial charge in [0.25, 0.3) is 0 Å². The van der Waals surface area contributed by atoms with E-state index < -0.39 is 6.10 Å². The summed E-state index contributed by atoms with van der Waals surface area (Å²) < 4.78 is 11.2. The third-order valence-corrected chi connectivity index (χ3v) is 6.17. The van der Waals surface area contributed by atoms with Gasteiger partial charge >= 0.3 is 0 Å². The lowest BCUT2D eigenvalue weighted by Gasteiger charge is -2.22. The number of hydrogen-bond acceptors (Lipinski definition) is 3. The maximum atomic E-state index is 11.5. The van der Waals surface area contributed by atoms with E-state index in [-0.39, 0.29) is 6.79 Å². The molecule has 0 amide bonds. The summed E-state index contributed by atoms with van der Waals surface area (Å²) in [6.07, 6.45) is -0.837. The highest BCUT2D eigenvalue weighted by Crippen LogP contribution is 2.45. The van der Waals surface area contributed by atoms with Crippen molar-refractivity contribution in [2.75, 3.05) is 13.9 Å². The van der Waals surface area contributed by atoms with Crippen LogP contribution in [0.3, 0.4) is 0 Å². The molecule has 164 valence electrons. The Balaban J connectivity index is 1.85. The van der Waals surface area contributed by atoms with Crippen LogP contribution in [0.4, 0.5) is 0 Å². The minimum absolute atomic E-state index is 0.130. The number of halogens is 1. The fraction of sp³-hybridized carbons (Fsp3) is 0.103. The second-order valence-corrected chi connectivity index (χ2v) is 8.35. The van der Waals surface area contributed by atoms with Crippen molar-refractivity contribution in [3.63, 3.8) is 0 Å². The number of ether oxygens (including phenoxy) is 2. The first-order chi connectivity index (χ1) is 16.2. The van der Waals surface area contributed by atoms with Gasteiger partial charge in [0.1, 0.15) is 11.9 Å². The molecule has 0 aliphatic heterocycles. The van der Waals surface area contributed by atoms with E-state index in [4.69, 9.17) is 21.1 Å². The summed E-state index contributed by atoms with van der Waals surface area (Å²) in [4.78, 5) is 0. The standard InChI is InChI=1S/C29H23ClO3/c1-32-18-33-26-17-13-20-7-3-5-9-24(20)28(26)27-23-8-4-2-6-19(23)12-16-25(27)29(31)21-10-14-22(30)15-11-21/h2-17,29,31H,18H2,1H3/t29-/m0/s1. The highest BCUT2D eigenvalue weighted by atomic mass is 35.5. The largest absolute Gasteiger partial charge is 0.467 e. The normalized spacial score (nSPS) is 12.2. The van der Waals surface area contributed by atoms with Crippen molar-refractivity contribution in [2.45, 2.75) is 6.10 Å². The van der Waals surface area contributed by atoms with Crippen molar-refractivity contribution < 1.29 is 14.6 Å². The molecule has 0 bridgehead atoms. The van der Waals surface area contributed by atoms with Gasteiger partial charge in [0.2, 0.25) is 0 Å². The molecule has 0 heterocycles. The predicted molar refractivity (Wildman–Crippen MR) is 135 cm³/mol. The molecule has 5 aromatic carbocycles. The molecule has 0 spiro atoms. The van der Waals surface area contributed by atoms with Crippen molar-refractivity contribution in [1.82, 2.24) is 0 Å². The van der Waals surface area contributed by atoms with Crippen molar-refractivity contribution in [2.24, 2.45) is 0 Å². The summed E-state index contributed by atoms with van der Waals surface area (Å²) in [5.41, 5.74) is 3.45. The molecule has 1 N–H and O–H groups in total. The van der Waals surface area contributed by atoms with E-state index in [2.05, 4.69) is 24.3 Å². The summed E-state index contributed by atoms with van der Waals surface area (Å²) in [6, 6.07) is 31.8. The van der Waals surface area contributed by atoms with Crippen molar-refractivity contribution in [1.29, 1.82) is 0 Å². The van der Waals surface area contributed by atoms with Gasteiger partial charge in [-0.3, -0.25) is 0 Å². The number of hydrogen-bond donors (Lipinski definition) is 1. The lowest BCUT2D eigenvalue weighted by Crippen LogP contribution is -2.05. The van der Waals surface area contributed by atoms with Crippen LogP contribution in [0.5, 0.6) is 5.75 Å². The van der Waals surface area contributed by atoms with Gasteiger partial charge < -0.3 is 14.6 Å². The molecule has 5 rings (SSSR count). The zero-order chi connectivity index (χ0) is 22.8. The van der Waals surface area contributed by atoms with Crippen LogP contribution < -0.4 is 4.74 Å². The maximum Gasteiger partial charge on any atom is 0.188 e. The average Bonchev–Trinajstić information content (AvgIpc) is 2.86. The number of aliphatic hydroxyl groups excluding tert-OH is 1. The average molecular weight is 455 g/mol. The molecule has 0 saturated heterocycles. The van der Waals surface area contributed by atoms with Gasteiger partial charge in [0.15, 0.2) is 6.79 Å². The van der Waals surface area contributed by atoms with Gasteiger partial charge in [-0.1, -0.05) is 90.5 Å². The molecule has 0 fully saturated rings. The summed E-state index contributed by atoms with van der Waals surface area (Å²) in [7, 11) is 1.61. The number of benzene rings is 5. The minimum atomic E-state index is -0.837. The maximum absolute atomic E-state index is 11.5. The number of rotatable bonds is 6. The van der Waals surface area contributed by atoms with Crippen LogP contribution in [0.15, 0.2) is 97.1 Å². The Labute approximate surface area is 197 Å². The Kier molecular flexibility index (Phi) is 6.01. The van der Waals surface area contributed by atoms with Crippen LogP contribution in [0.25, 0.3) is 32.7 Å². The Morgan fingerprint density at radius 1 is 0.727 bits per heavy atom. The van der Waals surface area contributed by atoms with Gasteiger partial charge in [-0.15, -0.1) is 0 Å². The first-order valence-corrected chi connectivity index (χ1v) is 11.1. The fourth-order valence-electron chi connectivity index (χ4n) is 4.37. The van der Waals surface area contributed by atoms with Crippen LogP contribution in [-0.2, 0) is 4.74 Å². The molecule has 33 heavy (non-hydrogen) atoms. The van der Waals surface area contributed by atoms with Crippen molar-refractivity contribution >= 4 is 33.1 Å². The monoisotopic (exact) mass is 454 g/mol. The van der Waals surface area contributed by atoms with Crippen LogP contribution in [-0.4, -0.2) is 19.0 Å². The second-order valence-electron chi connectivity index (χ2n) is 7.92. The van der Waals surface area contributed by atoms with Gasteiger partial charge in [-0.25, -0.2) is 0 Å². The van der Waals surface area contributed by atoms with Crippen LogP contribution in [0.2, 0.25) is 5.02 Å². The number of aliphatic hydroxyl groups is 1. The fourth-order valence-corrected chi connectivity index (χ4v) is 4.50. The number of methoxy groups -OCH3 is 1. The topological polar surface area (TPSA) is 38.7 Å². The lowest BCUT2D eigenvalue weighted by atomic mass is 9.86. The molecule has 0 unspecified atom stereocenters. The van der Waals surface area contributed by atoms with E-state index in [1.54, 1.807) is 19.2 Å². The summed E-state index contributed by atoms with van der Waals surface area (Å²) in [5, 5.41) is 16.4. The van der Waals surface area contributed by atoms with Gasteiger partial charge in [0, 0.05) is 17.7 Å². The molecular formula is C29H23ClO3. The zero-order valence-electron chi connectivity index (χ0n) is 18.2. The van der Waals surface area contributed by atoms with Gasteiger partial charge in [0.05, 0.1) is 0 Å². The zero-order valence-corrected chi connectivity index (χ0v) is 18.9. The van der Waals surface area contributed by atoms with Crippen LogP contribution >= 0.6 is 11.6 Å². The molecule has 0 aliphatic carbocycles. The van der Waals surface area contributed by atoms with Crippen molar-refractivity contribution in [3.8, 4) is 16.9 Å². The molecule has 5 aromatic rings. The van der Waals surface area contributed by atoms with E-state index in [9.17, 15) is 5.11 Å². The van der Waals surface area contributed by atoms with Crippen molar-refractivity contribution in [3.05, 3.63) is 113 Å². The van der Waals surface area contributed by atoms with E-state index in [0.29, 0.717) is 10.8 Å². The Hall–Kier alpha value is -3.37. The van der Waals surface area contributed by atoms with E-state index in [1.807, 2.05) is 60.7 Å². The quantitative estimate of drug-likeness (QED) is 0.272. The highest BCUT2D eigenvalue weighted by molar-refractivity contribution is 6.30. The third-order valence-electron chi connectivity index (χ3n) is 5.91. The molecule has 0 aliphatic rings. The SMILES string of the molecule is COCOc1ccc2ccccc2c1-c1c([C@@H](O)c2ccc(Cl)cc2)ccc2ccccc12. The minimum Gasteiger partial charge on any atom is -0.467 e. The Morgan fingerprint density at radius 3 is 2.00 bits per heavy atom. The molecule has 4 heteroatoms. The third kappa shape index (κ3) is 4.07. The van der Waals surface area contributed by atoms with E-state index in [0.717, 1.165) is 43.8 Å².